The maximum Gasteiger partial charge on any atom is 0.319 e. The molecule has 57 heavy (non-hydrogen) atoms. The molecule has 0 radical (unpaired) electrons. The largest absolute Gasteiger partial charge is 0.481 e. The molecule has 4 rings (SSSR count). The fourth-order valence-corrected chi connectivity index (χ4v) is 6.38. The average Bonchev–Trinajstić information content (AvgIpc) is 3.58. The lowest BCUT2D eigenvalue weighted by Crippen LogP contribution is -2.59. The van der Waals surface area contributed by atoms with Crippen molar-refractivity contribution >= 4 is 58.1 Å². The fourth-order valence-electron chi connectivity index (χ4n) is 6.38. The number of amides is 7. The number of nitrogens with one attached hydrogen (secondary N) is 6. The van der Waals surface area contributed by atoms with Crippen molar-refractivity contribution in [3.63, 3.8) is 0 Å². The average molecular weight is 783 g/mol. The first kappa shape index (κ1) is 43.0. The molecule has 1 heterocycles. The van der Waals surface area contributed by atoms with Crippen molar-refractivity contribution in [1.82, 2.24) is 31.2 Å². The Hall–Kier alpha value is -6.71. The highest BCUT2D eigenvalue weighted by atomic mass is 16.4. The van der Waals surface area contributed by atoms with Crippen LogP contribution in [-0.2, 0) is 41.6 Å². The van der Waals surface area contributed by atoms with Gasteiger partial charge in [-0.05, 0) is 55.0 Å². The maximum absolute atomic E-state index is 14.0. The van der Waals surface area contributed by atoms with Gasteiger partial charge < -0.3 is 47.3 Å². The van der Waals surface area contributed by atoms with Crippen molar-refractivity contribution < 1.29 is 38.7 Å². The number of para-hydroxylation sites is 2. The minimum atomic E-state index is -1.64. The van der Waals surface area contributed by atoms with Gasteiger partial charge in [-0.15, -0.1) is 0 Å². The fraction of sp³-hybridized carbons (Fsp3) is 0.341. The summed E-state index contributed by atoms with van der Waals surface area (Å²) >= 11 is 0. The van der Waals surface area contributed by atoms with Crippen LogP contribution in [0, 0.1) is 6.92 Å². The number of carbonyl (C=O) groups is 7. The van der Waals surface area contributed by atoms with Gasteiger partial charge in [0.15, 0.2) is 0 Å². The number of nitrogens with zero attached hydrogens (tertiary/aromatic N) is 1. The third-order valence-corrected chi connectivity index (χ3v) is 9.43. The van der Waals surface area contributed by atoms with E-state index in [0.717, 1.165) is 26.9 Å². The van der Waals surface area contributed by atoms with Gasteiger partial charge in [-0.25, -0.2) is 4.79 Å². The Morgan fingerprint density at radius 2 is 1.44 bits per heavy atom. The predicted molar refractivity (Wildman–Crippen MR) is 214 cm³/mol. The number of anilines is 1. The van der Waals surface area contributed by atoms with Crippen molar-refractivity contribution in [1.29, 1.82) is 0 Å². The van der Waals surface area contributed by atoms with Crippen LogP contribution in [0.2, 0.25) is 0 Å². The molecule has 9 N–H and O–H groups in total. The van der Waals surface area contributed by atoms with E-state index in [1.165, 1.54) is 14.0 Å². The number of primary amides is 1. The summed E-state index contributed by atoms with van der Waals surface area (Å²) in [7, 11) is 1.30. The van der Waals surface area contributed by atoms with Gasteiger partial charge >= 0.3 is 12.0 Å². The van der Waals surface area contributed by atoms with Gasteiger partial charge in [-0.2, -0.15) is 0 Å². The first-order valence-corrected chi connectivity index (χ1v) is 18.6. The predicted octanol–water partition coefficient (Wildman–Crippen LogP) is 2.51. The minimum absolute atomic E-state index is 0.0142. The molecule has 0 aliphatic rings. The SMILES string of the molecule is CC(=O)N[C@@H](Cc1c[nH]c2ccccc12)C(=O)N[C@@H](CCCCNC(=O)Nc1ccccc1C)C(=O)N[C@@H](CC(=O)O)C(=O)N(C)[C@@H](Cc1ccccc1)C(N)=O. The molecule has 0 saturated carbocycles. The van der Waals surface area contributed by atoms with Crippen molar-refractivity contribution in [2.24, 2.45) is 5.73 Å². The lowest BCUT2D eigenvalue weighted by atomic mass is 10.0. The minimum Gasteiger partial charge on any atom is -0.481 e. The summed E-state index contributed by atoms with van der Waals surface area (Å²) in [6.07, 6.45) is 1.71. The summed E-state index contributed by atoms with van der Waals surface area (Å²) in [4.78, 5) is 95.0. The monoisotopic (exact) mass is 782 g/mol. The van der Waals surface area contributed by atoms with Gasteiger partial charge in [0.1, 0.15) is 24.2 Å². The second-order valence-electron chi connectivity index (χ2n) is 13.8. The van der Waals surface area contributed by atoms with E-state index in [4.69, 9.17) is 5.73 Å². The lowest BCUT2D eigenvalue weighted by molar-refractivity contribution is -0.146. The molecular formula is C41H50N8O8. The molecule has 16 heteroatoms. The Balaban J connectivity index is 1.51. The number of H-pyrrole nitrogens is 1. The van der Waals surface area contributed by atoms with E-state index in [2.05, 4.69) is 31.6 Å². The van der Waals surface area contributed by atoms with Gasteiger partial charge in [0, 0.05) is 56.1 Å². The van der Waals surface area contributed by atoms with E-state index in [1.807, 2.05) is 43.3 Å². The summed E-state index contributed by atoms with van der Waals surface area (Å²) in [5.74, 6) is -5.16. The number of carboxylic acids is 1. The van der Waals surface area contributed by atoms with Crippen LogP contribution in [-0.4, -0.2) is 94.3 Å². The molecule has 3 aromatic carbocycles. The number of benzene rings is 3. The Labute approximate surface area is 330 Å². The van der Waals surface area contributed by atoms with E-state index in [-0.39, 0.29) is 25.8 Å². The van der Waals surface area contributed by atoms with Crippen LogP contribution in [0.15, 0.2) is 85.1 Å². The molecule has 0 aliphatic heterocycles. The summed E-state index contributed by atoms with van der Waals surface area (Å²) in [6, 6.07) is 17.9. The number of unbranched alkanes of at least 4 members (excludes halogenated alkanes) is 1. The number of aromatic nitrogens is 1. The topological polar surface area (TPSA) is 245 Å². The summed E-state index contributed by atoms with van der Waals surface area (Å²) < 4.78 is 0. The maximum atomic E-state index is 14.0. The van der Waals surface area contributed by atoms with Gasteiger partial charge in [-0.1, -0.05) is 66.7 Å². The molecule has 0 aliphatic carbocycles. The molecule has 7 amide bonds. The highest BCUT2D eigenvalue weighted by Gasteiger charge is 2.35. The number of carboxylic acid groups (broad SMARTS) is 1. The smallest absolute Gasteiger partial charge is 0.319 e. The van der Waals surface area contributed by atoms with Crippen LogP contribution in [0.5, 0.6) is 0 Å². The molecule has 302 valence electrons. The van der Waals surface area contributed by atoms with E-state index >= 15 is 0 Å². The third kappa shape index (κ3) is 12.9. The molecule has 4 atom stereocenters. The lowest BCUT2D eigenvalue weighted by Gasteiger charge is -2.30. The standard InChI is InChI=1S/C41H50N8O8/c1-25-13-7-9-17-30(25)48-41(57)43-20-12-11-19-32(46-39(55)33(45-26(2)50)22-28-24-44-31-18-10-8-16-29(28)31)38(54)47-34(23-36(51)52)40(56)49(3)35(37(42)53)21-27-14-5-4-6-15-27/h4-10,13-18,24,32-35,44H,11-12,19-23H2,1-3H3,(H2,42,53)(H,45,50)(H,46,55)(H,47,54)(H,51,52)(H2,43,48,57)/t32-,33-,34-,35-/m0/s1. The molecule has 4 aromatic rings. The Morgan fingerprint density at radius 3 is 2.12 bits per heavy atom. The van der Waals surface area contributed by atoms with E-state index < -0.39 is 72.1 Å². The van der Waals surface area contributed by atoms with Crippen LogP contribution < -0.4 is 32.3 Å². The third-order valence-electron chi connectivity index (χ3n) is 9.43. The summed E-state index contributed by atoms with van der Waals surface area (Å²) in [6.45, 7) is 3.34. The summed E-state index contributed by atoms with van der Waals surface area (Å²) in [5, 5.41) is 23.9. The first-order chi connectivity index (χ1) is 27.2. The number of aromatic amines is 1. The number of likely N-dealkylation sites (N-methyl/N-ethyl adjacent to an activating group) is 1. The number of aliphatic carboxylic acids is 1. The van der Waals surface area contributed by atoms with Crippen LogP contribution >= 0.6 is 0 Å². The first-order valence-electron chi connectivity index (χ1n) is 18.6. The number of urea groups is 1. The Morgan fingerprint density at radius 1 is 0.789 bits per heavy atom. The van der Waals surface area contributed by atoms with Gasteiger partial charge in [0.25, 0.3) is 0 Å². The highest BCUT2D eigenvalue weighted by Crippen LogP contribution is 2.20. The van der Waals surface area contributed by atoms with Gasteiger partial charge in [0.05, 0.1) is 6.42 Å². The zero-order valence-electron chi connectivity index (χ0n) is 32.2. The Bertz CT molecular complexity index is 2050. The molecular weight excluding hydrogens is 732 g/mol. The van der Waals surface area contributed by atoms with Crippen molar-refractivity contribution in [2.75, 3.05) is 18.9 Å². The van der Waals surface area contributed by atoms with Crippen LogP contribution in [0.4, 0.5) is 10.5 Å². The molecule has 0 saturated heterocycles. The molecule has 0 unspecified atom stereocenters. The quantitative estimate of drug-likeness (QED) is 0.0618. The van der Waals surface area contributed by atoms with E-state index in [0.29, 0.717) is 24.1 Å². The molecule has 0 bridgehead atoms. The number of hydrogen-bond acceptors (Lipinski definition) is 7. The highest BCUT2D eigenvalue weighted by molar-refractivity contribution is 5.97. The number of hydrogen-bond donors (Lipinski definition) is 8. The zero-order chi connectivity index (χ0) is 41.5. The molecule has 0 spiro atoms. The van der Waals surface area contributed by atoms with Crippen molar-refractivity contribution in [3.8, 4) is 0 Å². The zero-order valence-corrected chi connectivity index (χ0v) is 32.2. The van der Waals surface area contributed by atoms with Crippen molar-refractivity contribution in [2.45, 2.75) is 76.5 Å². The van der Waals surface area contributed by atoms with Gasteiger partial charge in [0.2, 0.25) is 29.5 Å². The van der Waals surface area contributed by atoms with E-state index in [1.54, 1.807) is 48.7 Å². The van der Waals surface area contributed by atoms with Crippen LogP contribution in [0.1, 0.15) is 49.3 Å². The van der Waals surface area contributed by atoms with Crippen molar-refractivity contribution in [3.05, 3.63) is 102 Å². The molecule has 16 nitrogen and oxygen atoms in total. The number of nitrogens with two attached hydrogens (primary N) is 1. The van der Waals surface area contributed by atoms with Crippen LogP contribution in [0.3, 0.4) is 0 Å². The second kappa shape index (κ2) is 20.8. The summed E-state index contributed by atoms with van der Waals surface area (Å²) in [5.41, 5.74) is 9.47. The number of aryl methyl sites for hydroxylation is 1. The normalized spacial score (nSPS) is 13.0. The number of carbonyl (C=O) groups excluding carboxylic acids is 6. The van der Waals surface area contributed by atoms with Crippen LogP contribution in [0.25, 0.3) is 10.9 Å². The second-order valence-corrected chi connectivity index (χ2v) is 13.8. The Kier molecular flexibility index (Phi) is 15.7. The number of fused-ring (bicyclic) bond motifs is 1. The molecule has 0 fully saturated rings. The molecule has 1 aromatic heterocycles. The van der Waals surface area contributed by atoms with E-state index in [9.17, 15) is 38.7 Å². The van der Waals surface area contributed by atoms with Gasteiger partial charge in [-0.3, -0.25) is 28.8 Å². The number of rotatable bonds is 20.